The molecule has 3 aliphatic rings. The van der Waals surface area contributed by atoms with Gasteiger partial charge in [-0.1, -0.05) is 49.6 Å². The van der Waals surface area contributed by atoms with E-state index in [1.807, 2.05) is 6.33 Å². The van der Waals surface area contributed by atoms with Gasteiger partial charge in [0, 0.05) is 56.2 Å². The molecule has 0 bridgehead atoms. The Bertz CT molecular complexity index is 1440. The highest BCUT2D eigenvalue weighted by atomic mass is 16.5. The number of rotatable bonds is 8. The molecule has 0 radical (unpaired) electrons. The maximum Gasteiger partial charge on any atom is 0.231 e. The van der Waals surface area contributed by atoms with E-state index in [-0.39, 0.29) is 0 Å². The molecule has 9 nitrogen and oxygen atoms in total. The quantitative estimate of drug-likeness (QED) is 0.269. The summed E-state index contributed by atoms with van der Waals surface area (Å²) in [5.41, 5.74) is 5.38. The van der Waals surface area contributed by atoms with Crippen LogP contribution in [0.5, 0.6) is 0 Å². The van der Waals surface area contributed by atoms with Crippen molar-refractivity contribution in [2.75, 3.05) is 54.9 Å². The lowest BCUT2D eigenvalue weighted by molar-refractivity contribution is 0.122. The third-order valence-electron chi connectivity index (χ3n) is 9.07. The van der Waals surface area contributed by atoms with E-state index in [4.69, 9.17) is 19.7 Å². The number of nitrogens with zero attached hydrogens (tertiary/aromatic N) is 6. The van der Waals surface area contributed by atoms with E-state index >= 15 is 0 Å². The fourth-order valence-electron chi connectivity index (χ4n) is 6.68. The van der Waals surface area contributed by atoms with E-state index in [1.165, 1.54) is 43.4 Å². The van der Waals surface area contributed by atoms with Crippen LogP contribution in [0.3, 0.4) is 0 Å². The van der Waals surface area contributed by atoms with E-state index in [1.54, 1.807) is 0 Å². The first kappa shape index (κ1) is 27.2. The van der Waals surface area contributed by atoms with Crippen LogP contribution in [-0.4, -0.2) is 69.9 Å². The molecule has 3 fully saturated rings. The van der Waals surface area contributed by atoms with Crippen LogP contribution in [0.25, 0.3) is 11.2 Å². The number of hydrogen-bond donors (Lipinski definition) is 2. The zero-order valence-electron chi connectivity index (χ0n) is 24.4. The summed E-state index contributed by atoms with van der Waals surface area (Å²) in [5.74, 6) is 1.45. The standard InChI is InChI=1S/C33H42N8O/c1-3-7-25(8-4-1)23-39-17-15-27(16-18-39)35-31-30-32(41(24-34-30)29-9-5-2-6-10-29)38-33(37-31)36-26-11-13-28(14-12-26)40-19-21-42-22-20-40/h1,3-4,7-8,11-14,24,27,29H,2,5-6,9-10,15-23H2,(H2,35,36,37,38). The molecule has 2 saturated heterocycles. The molecular formula is C33H42N8O. The van der Waals surface area contributed by atoms with Gasteiger partial charge < -0.3 is 24.8 Å². The van der Waals surface area contributed by atoms with Crippen molar-refractivity contribution in [3.63, 3.8) is 0 Å². The summed E-state index contributed by atoms with van der Waals surface area (Å²) >= 11 is 0. The summed E-state index contributed by atoms with van der Waals surface area (Å²) in [6, 6.07) is 20.1. The lowest BCUT2D eigenvalue weighted by atomic mass is 9.95. The Morgan fingerprint density at radius 3 is 2.33 bits per heavy atom. The number of benzene rings is 2. The number of ether oxygens (including phenoxy) is 1. The SMILES string of the molecule is c1ccc(CN2CCC(Nc3nc(Nc4ccc(N5CCOCC5)cc4)nc4c3ncn4C3CCCCC3)CC2)cc1. The second-order valence-corrected chi connectivity index (χ2v) is 12.0. The molecule has 0 amide bonds. The number of morpholine rings is 1. The van der Waals surface area contributed by atoms with Gasteiger partial charge in [-0.2, -0.15) is 9.97 Å². The Labute approximate surface area is 248 Å². The average Bonchev–Trinajstić information content (AvgIpc) is 3.48. The van der Waals surface area contributed by atoms with Gasteiger partial charge in [0.2, 0.25) is 5.95 Å². The van der Waals surface area contributed by atoms with E-state index in [0.29, 0.717) is 18.0 Å². The number of imidazole rings is 1. The van der Waals surface area contributed by atoms with Gasteiger partial charge in [0.05, 0.1) is 19.5 Å². The summed E-state index contributed by atoms with van der Waals surface area (Å²) in [5, 5.41) is 7.29. The topological polar surface area (TPSA) is 83.4 Å². The Kier molecular flexibility index (Phi) is 8.19. The lowest BCUT2D eigenvalue weighted by Crippen LogP contribution is -2.38. The molecule has 1 saturated carbocycles. The number of piperidine rings is 1. The van der Waals surface area contributed by atoms with Crippen LogP contribution < -0.4 is 15.5 Å². The first-order valence-corrected chi connectivity index (χ1v) is 15.8. The highest BCUT2D eigenvalue weighted by Crippen LogP contribution is 2.33. The fraction of sp³-hybridized carbons (Fsp3) is 0.485. The summed E-state index contributed by atoms with van der Waals surface area (Å²) in [7, 11) is 0. The first-order valence-electron chi connectivity index (χ1n) is 15.8. The molecule has 7 rings (SSSR count). The highest BCUT2D eigenvalue weighted by molar-refractivity contribution is 5.85. The van der Waals surface area contributed by atoms with Crippen LogP contribution in [0.4, 0.5) is 23.1 Å². The van der Waals surface area contributed by atoms with Gasteiger partial charge >= 0.3 is 0 Å². The Morgan fingerprint density at radius 2 is 1.57 bits per heavy atom. The fourth-order valence-corrected chi connectivity index (χ4v) is 6.68. The van der Waals surface area contributed by atoms with Gasteiger partial charge in [0.1, 0.15) is 0 Å². The van der Waals surface area contributed by atoms with Crippen molar-refractivity contribution in [3.8, 4) is 0 Å². The molecule has 2 N–H and O–H groups in total. The molecule has 0 spiro atoms. The van der Waals surface area contributed by atoms with Crippen molar-refractivity contribution >= 4 is 34.3 Å². The average molecular weight is 567 g/mol. The Hall–Kier alpha value is -3.69. The van der Waals surface area contributed by atoms with Gasteiger partial charge in [-0.3, -0.25) is 4.90 Å². The molecule has 1 aliphatic carbocycles. The number of nitrogens with one attached hydrogen (secondary N) is 2. The van der Waals surface area contributed by atoms with Crippen LogP contribution in [-0.2, 0) is 11.3 Å². The Balaban J connectivity index is 1.10. The molecule has 2 aromatic heterocycles. The molecule has 2 aromatic carbocycles. The summed E-state index contributed by atoms with van der Waals surface area (Å²) in [6.07, 6.45) is 10.4. The maximum absolute atomic E-state index is 5.51. The van der Waals surface area contributed by atoms with Crippen LogP contribution in [0.1, 0.15) is 56.6 Å². The minimum absolute atomic E-state index is 0.357. The van der Waals surface area contributed by atoms with Crippen molar-refractivity contribution in [2.24, 2.45) is 0 Å². The molecule has 4 heterocycles. The van der Waals surface area contributed by atoms with Gasteiger partial charge in [-0.05, 0) is 55.5 Å². The van der Waals surface area contributed by atoms with Crippen molar-refractivity contribution in [3.05, 3.63) is 66.5 Å². The molecule has 0 unspecified atom stereocenters. The molecule has 2 aliphatic heterocycles. The van der Waals surface area contributed by atoms with Gasteiger partial charge in [0.25, 0.3) is 0 Å². The van der Waals surface area contributed by atoms with Crippen molar-refractivity contribution in [2.45, 2.75) is 63.6 Å². The van der Waals surface area contributed by atoms with E-state index in [2.05, 4.69) is 79.6 Å². The van der Waals surface area contributed by atoms with Crippen molar-refractivity contribution in [1.82, 2.24) is 24.4 Å². The van der Waals surface area contributed by atoms with Crippen LogP contribution in [0.15, 0.2) is 60.9 Å². The monoisotopic (exact) mass is 566 g/mol. The van der Waals surface area contributed by atoms with E-state index in [0.717, 1.165) is 81.4 Å². The van der Waals surface area contributed by atoms with Gasteiger partial charge in [-0.25, -0.2) is 4.98 Å². The zero-order valence-corrected chi connectivity index (χ0v) is 24.4. The third-order valence-corrected chi connectivity index (χ3v) is 9.07. The van der Waals surface area contributed by atoms with Crippen LogP contribution in [0, 0.1) is 0 Å². The van der Waals surface area contributed by atoms with E-state index in [9.17, 15) is 0 Å². The molecule has 4 aromatic rings. The highest BCUT2D eigenvalue weighted by Gasteiger charge is 2.24. The van der Waals surface area contributed by atoms with Gasteiger partial charge in [-0.15, -0.1) is 0 Å². The molecule has 42 heavy (non-hydrogen) atoms. The zero-order chi connectivity index (χ0) is 28.1. The number of aromatic nitrogens is 4. The minimum Gasteiger partial charge on any atom is -0.378 e. The smallest absolute Gasteiger partial charge is 0.231 e. The van der Waals surface area contributed by atoms with Crippen LogP contribution >= 0.6 is 0 Å². The second kappa shape index (κ2) is 12.7. The molecule has 9 heteroatoms. The second-order valence-electron chi connectivity index (χ2n) is 12.0. The summed E-state index contributed by atoms with van der Waals surface area (Å²) < 4.78 is 7.82. The summed E-state index contributed by atoms with van der Waals surface area (Å²) in [6.45, 7) is 6.57. The normalized spacial score (nSPS) is 19.3. The number of likely N-dealkylation sites (tertiary alicyclic amines) is 1. The maximum atomic E-state index is 5.51. The van der Waals surface area contributed by atoms with Crippen molar-refractivity contribution < 1.29 is 4.74 Å². The number of hydrogen-bond acceptors (Lipinski definition) is 8. The largest absolute Gasteiger partial charge is 0.378 e. The van der Waals surface area contributed by atoms with Crippen molar-refractivity contribution in [1.29, 1.82) is 0 Å². The third kappa shape index (κ3) is 6.22. The van der Waals surface area contributed by atoms with E-state index < -0.39 is 0 Å². The minimum atomic E-state index is 0.357. The molecule has 0 atom stereocenters. The predicted molar refractivity (Wildman–Crippen MR) is 169 cm³/mol. The Morgan fingerprint density at radius 1 is 0.810 bits per heavy atom. The summed E-state index contributed by atoms with van der Waals surface area (Å²) in [4.78, 5) is 19.8. The molecule has 220 valence electrons. The lowest BCUT2D eigenvalue weighted by Gasteiger charge is -2.32. The predicted octanol–water partition coefficient (Wildman–Crippen LogP) is 5.99. The first-order chi connectivity index (χ1) is 20.8. The van der Waals surface area contributed by atoms with Crippen LogP contribution in [0.2, 0.25) is 0 Å². The number of anilines is 4. The molecular weight excluding hydrogens is 524 g/mol. The van der Waals surface area contributed by atoms with Gasteiger partial charge in [0.15, 0.2) is 17.0 Å². The number of fused-ring (bicyclic) bond motifs is 1.